The fourth-order valence-corrected chi connectivity index (χ4v) is 6.49. The van der Waals surface area contributed by atoms with Crippen molar-refractivity contribution in [1.82, 2.24) is 20.9 Å². The Morgan fingerprint density at radius 3 is 2.81 bits per heavy atom. The third-order valence-electron chi connectivity index (χ3n) is 6.79. The summed E-state index contributed by atoms with van der Waals surface area (Å²) in [5.41, 5.74) is 2.64. The van der Waals surface area contributed by atoms with Crippen molar-refractivity contribution in [2.75, 3.05) is 49.9 Å². The van der Waals surface area contributed by atoms with Crippen molar-refractivity contribution in [3.8, 4) is 0 Å². The van der Waals surface area contributed by atoms with Gasteiger partial charge in [0.05, 0.1) is 12.1 Å². The van der Waals surface area contributed by atoms with Gasteiger partial charge < -0.3 is 20.9 Å². The summed E-state index contributed by atoms with van der Waals surface area (Å²) in [6, 6.07) is 9.26. The average molecular weight is 460 g/mol. The van der Waals surface area contributed by atoms with Crippen molar-refractivity contribution in [1.29, 1.82) is 0 Å². The summed E-state index contributed by atoms with van der Waals surface area (Å²) in [4.78, 5) is 28.5. The highest BCUT2D eigenvalue weighted by atomic mass is 32.2. The molecule has 32 heavy (non-hydrogen) atoms. The number of fused-ring (bicyclic) bond motifs is 1. The number of hydrogen-bond donors (Lipinski definition) is 3. The summed E-state index contributed by atoms with van der Waals surface area (Å²) in [6.07, 6.45) is 4.63. The first-order valence-corrected chi connectivity index (χ1v) is 13.1. The van der Waals surface area contributed by atoms with E-state index in [1.54, 1.807) is 0 Å². The molecule has 1 aromatic carbocycles. The van der Waals surface area contributed by atoms with E-state index in [1.165, 1.54) is 11.3 Å². The lowest BCUT2D eigenvalue weighted by Gasteiger charge is -2.36. The zero-order chi connectivity index (χ0) is 22.3. The minimum atomic E-state index is -0.0298. The lowest BCUT2D eigenvalue weighted by atomic mass is 10.0. The van der Waals surface area contributed by atoms with Gasteiger partial charge in [0.15, 0.2) is 0 Å². The first-order valence-electron chi connectivity index (χ1n) is 12.1. The molecule has 3 amide bonds. The van der Waals surface area contributed by atoms with Crippen molar-refractivity contribution in [3.05, 3.63) is 29.8 Å². The van der Waals surface area contributed by atoms with Gasteiger partial charge in [0.2, 0.25) is 5.91 Å². The number of hydrogen-bond acceptors (Lipinski definition) is 5. The van der Waals surface area contributed by atoms with E-state index in [9.17, 15) is 9.59 Å². The number of aryl methyl sites for hydroxylation is 1. The van der Waals surface area contributed by atoms with Gasteiger partial charge in [-0.1, -0.05) is 18.6 Å². The van der Waals surface area contributed by atoms with Crippen LogP contribution >= 0.6 is 11.8 Å². The minimum Gasteiger partial charge on any atom is -0.369 e. The van der Waals surface area contributed by atoms with Crippen molar-refractivity contribution >= 4 is 29.4 Å². The standard InChI is InChI=1S/C24H37N5O2S/c1-18-6-4-7-19(16-18)29-14-12-28(13-15-29)11-5-10-25-22(30)9-3-2-8-21-23-20(17-32-21)26-24(31)27-23/h4,6-7,16,20-21,23H,2-3,5,8-15,17H2,1H3,(H,25,30)(H2,26,27,31)/t20-,21-,23-/m0/s1. The molecular weight excluding hydrogens is 422 g/mol. The lowest BCUT2D eigenvalue weighted by Crippen LogP contribution is -2.47. The highest BCUT2D eigenvalue weighted by molar-refractivity contribution is 8.00. The van der Waals surface area contributed by atoms with E-state index in [0.29, 0.717) is 11.7 Å². The van der Waals surface area contributed by atoms with Crippen molar-refractivity contribution in [2.24, 2.45) is 0 Å². The maximum atomic E-state index is 12.1. The molecule has 8 heteroatoms. The number of anilines is 1. The van der Waals surface area contributed by atoms with Crippen LogP contribution in [0.25, 0.3) is 0 Å². The van der Waals surface area contributed by atoms with Gasteiger partial charge in [-0.05, 0) is 50.4 Å². The van der Waals surface area contributed by atoms with E-state index < -0.39 is 0 Å². The predicted molar refractivity (Wildman–Crippen MR) is 131 cm³/mol. The number of benzene rings is 1. The van der Waals surface area contributed by atoms with E-state index in [4.69, 9.17) is 0 Å². The Labute approximate surface area is 196 Å². The van der Waals surface area contributed by atoms with E-state index in [2.05, 4.69) is 56.9 Å². The van der Waals surface area contributed by atoms with E-state index >= 15 is 0 Å². The quantitative estimate of drug-likeness (QED) is 0.370. The molecule has 0 saturated carbocycles. The third kappa shape index (κ3) is 6.32. The molecule has 3 aliphatic rings. The Hall–Kier alpha value is -1.93. The molecule has 3 fully saturated rings. The van der Waals surface area contributed by atoms with Crippen molar-refractivity contribution in [3.63, 3.8) is 0 Å². The van der Waals surface area contributed by atoms with Crippen LogP contribution in [0.5, 0.6) is 0 Å². The van der Waals surface area contributed by atoms with Gasteiger partial charge >= 0.3 is 6.03 Å². The minimum absolute atomic E-state index is 0.0298. The van der Waals surface area contributed by atoms with Gasteiger partial charge in [-0.25, -0.2) is 4.79 Å². The molecule has 3 heterocycles. The van der Waals surface area contributed by atoms with Crippen LogP contribution in [-0.4, -0.2) is 79.2 Å². The number of carbonyl (C=O) groups is 2. The molecule has 0 bridgehead atoms. The largest absolute Gasteiger partial charge is 0.369 e. The highest BCUT2D eigenvalue weighted by Gasteiger charge is 2.42. The van der Waals surface area contributed by atoms with Gasteiger partial charge in [0.1, 0.15) is 0 Å². The monoisotopic (exact) mass is 459 g/mol. The van der Waals surface area contributed by atoms with Crippen LogP contribution in [-0.2, 0) is 4.79 Å². The molecule has 0 radical (unpaired) electrons. The summed E-state index contributed by atoms with van der Waals surface area (Å²) in [5, 5.41) is 9.58. The lowest BCUT2D eigenvalue weighted by molar-refractivity contribution is -0.121. The van der Waals surface area contributed by atoms with Gasteiger partial charge in [-0.15, -0.1) is 0 Å². The van der Waals surface area contributed by atoms with E-state index in [-0.39, 0.29) is 24.0 Å². The van der Waals surface area contributed by atoms with Gasteiger partial charge in [0, 0.05) is 55.8 Å². The second kappa shape index (κ2) is 11.3. The van der Waals surface area contributed by atoms with Crippen LogP contribution in [0, 0.1) is 6.92 Å². The number of amides is 3. The molecule has 0 aromatic heterocycles. The molecule has 1 aromatic rings. The molecule has 0 spiro atoms. The molecule has 3 saturated heterocycles. The Morgan fingerprint density at radius 2 is 2.00 bits per heavy atom. The molecule has 0 unspecified atom stereocenters. The normalized spacial score (nSPS) is 25.3. The summed E-state index contributed by atoms with van der Waals surface area (Å²) in [7, 11) is 0. The molecule has 3 atom stereocenters. The summed E-state index contributed by atoms with van der Waals surface area (Å²) in [5.74, 6) is 1.16. The number of rotatable bonds is 10. The Kier molecular flexibility index (Phi) is 8.19. The SMILES string of the molecule is Cc1cccc(N2CCN(CCCNC(=O)CCCC[C@@H]3SC[C@@H]4NC(=O)N[C@@H]43)CC2)c1. The number of nitrogens with one attached hydrogen (secondary N) is 3. The van der Waals surface area contributed by atoms with E-state index in [1.807, 2.05) is 11.8 Å². The number of urea groups is 1. The number of piperazine rings is 1. The molecule has 3 N–H and O–H groups in total. The number of thioether (sulfide) groups is 1. The summed E-state index contributed by atoms with van der Waals surface area (Å²) < 4.78 is 0. The first-order chi connectivity index (χ1) is 15.6. The van der Waals surface area contributed by atoms with Crippen molar-refractivity contribution in [2.45, 2.75) is 56.4 Å². The van der Waals surface area contributed by atoms with Crippen LogP contribution < -0.4 is 20.9 Å². The van der Waals surface area contributed by atoms with Gasteiger partial charge in [0.25, 0.3) is 0 Å². The second-order valence-corrected chi connectivity index (χ2v) is 10.5. The Morgan fingerprint density at radius 1 is 1.16 bits per heavy atom. The molecule has 4 rings (SSSR count). The average Bonchev–Trinajstić information content (AvgIpc) is 3.34. The molecule has 3 aliphatic heterocycles. The van der Waals surface area contributed by atoms with Crippen molar-refractivity contribution < 1.29 is 9.59 Å². The fourth-order valence-electron chi connectivity index (χ4n) is 4.95. The zero-order valence-corrected chi connectivity index (χ0v) is 20.0. The molecule has 0 aliphatic carbocycles. The third-order valence-corrected chi connectivity index (χ3v) is 8.30. The topological polar surface area (TPSA) is 76.7 Å². The summed E-state index contributed by atoms with van der Waals surface area (Å²) in [6.45, 7) is 8.25. The molecule has 176 valence electrons. The Bertz CT molecular complexity index is 783. The van der Waals surface area contributed by atoms with Crippen LogP contribution in [0.15, 0.2) is 24.3 Å². The van der Waals surface area contributed by atoms with Crippen LogP contribution in [0.3, 0.4) is 0 Å². The maximum Gasteiger partial charge on any atom is 0.315 e. The van der Waals surface area contributed by atoms with Gasteiger partial charge in [-0.3, -0.25) is 9.69 Å². The van der Waals surface area contributed by atoms with Gasteiger partial charge in [-0.2, -0.15) is 11.8 Å². The van der Waals surface area contributed by atoms with Crippen LogP contribution in [0.2, 0.25) is 0 Å². The Balaban J connectivity index is 1.02. The zero-order valence-electron chi connectivity index (χ0n) is 19.1. The highest BCUT2D eigenvalue weighted by Crippen LogP contribution is 2.33. The number of carbonyl (C=O) groups excluding carboxylic acids is 2. The molecule has 7 nitrogen and oxygen atoms in total. The molecular formula is C24H37N5O2S. The number of nitrogens with zero attached hydrogens (tertiary/aromatic N) is 2. The van der Waals surface area contributed by atoms with E-state index in [0.717, 1.165) is 70.7 Å². The maximum absolute atomic E-state index is 12.1. The smallest absolute Gasteiger partial charge is 0.315 e. The fraction of sp³-hybridized carbons (Fsp3) is 0.667. The first kappa shape index (κ1) is 23.2. The van der Waals surface area contributed by atoms with Crippen LogP contribution in [0.1, 0.15) is 37.7 Å². The summed E-state index contributed by atoms with van der Waals surface area (Å²) >= 11 is 1.94. The van der Waals surface area contributed by atoms with Crippen LogP contribution in [0.4, 0.5) is 10.5 Å². The predicted octanol–water partition coefficient (Wildman–Crippen LogP) is 2.35. The second-order valence-electron chi connectivity index (χ2n) is 9.24. The number of unbranched alkanes of at least 4 members (excludes halogenated alkanes) is 1.